The van der Waals surface area contributed by atoms with Crippen molar-refractivity contribution in [2.45, 2.75) is 6.92 Å². The van der Waals surface area contributed by atoms with Crippen LogP contribution in [0.4, 0.5) is 0 Å². The topological polar surface area (TPSA) is 67.5 Å². The van der Waals surface area contributed by atoms with E-state index in [2.05, 4.69) is 21.9 Å². The average molecular weight is 277 g/mol. The summed E-state index contributed by atoms with van der Waals surface area (Å²) in [4.78, 5) is 15.4. The Morgan fingerprint density at radius 2 is 2.14 bits per heavy atom. The van der Waals surface area contributed by atoms with Gasteiger partial charge in [-0.1, -0.05) is 12.0 Å². The first kappa shape index (κ1) is 12.9. The second-order valence-electron chi connectivity index (χ2n) is 4.54. The Morgan fingerprint density at radius 1 is 1.29 bits per heavy atom. The van der Waals surface area contributed by atoms with Crippen LogP contribution in [0.2, 0.25) is 0 Å². The van der Waals surface area contributed by atoms with E-state index in [1.165, 1.54) is 0 Å². The highest BCUT2D eigenvalue weighted by atomic mass is 16.4. The standard InChI is InChI=1S/C16H11N3O2/c1-11-4-7-14(16(20)21)12(9-11)5-6-13-10-17-15-3-2-8-18-19(13)15/h2-4,7-10H,1H3,(H,20,21). The number of aryl methyl sites for hydroxylation is 1. The van der Waals surface area contributed by atoms with Gasteiger partial charge in [0.2, 0.25) is 0 Å². The van der Waals surface area contributed by atoms with Gasteiger partial charge in [-0.25, -0.2) is 14.3 Å². The average Bonchev–Trinajstić information content (AvgIpc) is 2.88. The fraction of sp³-hybridized carbons (Fsp3) is 0.0625. The van der Waals surface area contributed by atoms with E-state index in [0.717, 1.165) is 5.56 Å². The number of hydrogen-bond donors (Lipinski definition) is 1. The summed E-state index contributed by atoms with van der Waals surface area (Å²) >= 11 is 0. The Hall–Kier alpha value is -3.13. The van der Waals surface area contributed by atoms with Crippen molar-refractivity contribution in [1.29, 1.82) is 0 Å². The van der Waals surface area contributed by atoms with Crippen LogP contribution in [-0.4, -0.2) is 25.7 Å². The third-order valence-electron chi connectivity index (χ3n) is 3.01. The predicted molar refractivity (Wildman–Crippen MR) is 77.1 cm³/mol. The van der Waals surface area contributed by atoms with Crippen LogP contribution in [-0.2, 0) is 0 Å². The van der Waals surface area contributed by atoms with Crippen LogP contribution >= 0.6 is 0 Å². The van der Waals surface area contributed by atoms with Crippen molar-refractivity contribution in [3.8, 4) is 11.8 Å². The first-order valence-corrected chi connectivity index (χ1v) is 6.30. The van der Waals surface area contributed by atoms with Crippen molar-refractivity contribution in [1.82, 2.24) is 14.6 Å². The van der Waals surface area contributed by atoms with Crippen molar-refractivity contribution in [2.75, 3.05) is 0 Å². The molecule has 0 fully saturated rings. The SMILES string of the molecule is Cc1ccc(C(=O)O)c(C#Cc2cnc3cccnn23)c1. The number of nitrogens with zero attached hydrogens (tertiary/aromatic N) is 3. The molecule has 0 aliphatic carbocycles. The number of aromatic nitrogens is 3. The van der Waals surface area contributed by atoms with Crippen LogP contribution in [0, 0.1) is 18.8 Å². The molecule has 102 valence electrons. The molecule has 1 N–H and O–H groups in total. The second kappa shape index (κ2) is 5.10. The molecule has 1 aromatic carbocycles. The fourth-order valence-electron chi connectivity index (χ4n) is 1.99. The minimum atomic E-state index is -0.990. The Morgan fingerprint density at radius 3 is 2.95 bits per heavy atom. The number of carboxylic acids is 1. The molecule has 2 aromatic heterocycles. The summed E-state index contributed by atoms with van der Waals surface area (Å²) < 4.78 is 1.61. The Balaban J connectivity index is 2.09. The van der Waals surface area contributed by atoms with Gasteiger partial charge in [0, 0.05) is 11.8 Å². The van der Waals surface area contributed by atoms with Gasteiger partial charge in [-0.05, 0) is 42.7 Å². The zero-order valence-corrected chi connectivity index (χ0v) is 11.2. The molecule has 5 heteroatoms. The highest BCUT2D eigenvalue weighted by molar-refractivity contribution is 5.90. The molecule has 0 radical (unpaired) electrons. The van der Waals surface area contributed by atoms with Gasteiger partial charge in [0.15, 0.2) is 5.65 Å². The van der Waals surface area contributed by atoms with Crippen molar-refractivity contribution in [3.05, 3.63) is 65.1 Å². The Bertz CT molecular complexity index is 901. The van der Waals surface area contributed by atoms with E-state index >= 15 is 0 Å². The van der Waals surface area contributed by atoms with Gasteiger partial charge in [0.25, 0.3) is 0 Å². The van der Waals surface area contributed by atoms with Crippen LogP contribution in [0.3, 0.4) is 0 Å². The summed E-state index contributed by atoms with van der Waals surface area (Å²) in [6, 6.07) is 8.70. The molecule has 0 bridgehead atoms. The normalized spacial score (nSPS) is 10.1. The summed E-state index contributed by atoms with van der Waals surface area (Å²) in [5.74, 6) is 4.84. The largest absolute Gasteiger partial charge is 0.478 e. The molecule has 0 spiro atoms. The maximum absolute atomic E-state index is 11.2. The van der Waals surface area contributed by atoms with Crippen LogP contribution < -0.4 is 0 Å². The molecule has 0 atom stereocenters. The number of benzene rings is 1. The quantitative estimate of drug-likeness (QED) is 0.692. The molecule has 3 aromatic rings. The Kier molecular flexibility index (Phi) is 3.13. The van der Waals surface area contributed by atoms with Crippen LogP contribution in [0.15, 0.2) is 42.7 Å². The molecule has 3 rings (SSSR count). The lowest BCUT2D eigenvalue weighted by molar-refractivity contribution is 0.0696. The van der Waals surface area contributed by atoms with E-state index in [1.54, 1.807) is 41.2 Å². The van der Waals surface area contributed by atoms with Gasteiger partial charge in [0.05, 0.1) is 11.8 Å². The van der Waals surface area contributed by atoms with Crippen LogP contribution in [0.1, 0.15) is 27.2 Å². The third kappa shape index (κ3) is 2.47. The zero-order valence-electron chi connectivity index (χ0n) is 11.2. The molecule has 0 aliphatic rings. The predicted octanol–water partition coefficient (Wildman–Crippen LogP) is 2.14. The second-order valence-corrected chi connectivity index (χ2v) is 4.54. The van der Waals surface area contributed by atoms with Gasteiger partial charge in [-0.2, -0.15) is 5.10 Å². The molecule has 5 nitrogen and oxygen atoms in total. The molecular formula is C16H11N3O2. The van der Waals surface area contributed by atoms with E-state index in [-0.39, 0.29) is 5.56 Å². The lowest BCUT2D eigenvalue weighted by Gasteiger charge is -2.00. The number of hydrogen-bond acceptors (Lipinski definition) is 3. The summed E-state index contributed by atoms with van der Waals surface area (Å²) in [5, 5.41) is 13.4. The first-order chi connectivity index (χ1) is 10.1. The van der Waals surface area contributed by atoms with Gasteiger partial charge in [0.1, 0.15) is 5.69 Å². The minimum absolute atomic E-state index is 0.190. The van der Waals surface area contributed by atoms with Crippen molar-refractivity contribution < 1.29 is 9.90 Å². The van der Waals surface area contributed by atoms with Crippen LogP contribution in [0.25, 0.3) is 5.65 Å². The highest BCUT2D eigenvalue weighted by Crippen LogP contribution is 2.11. The molecule has 0 aliphatic heterocycles. The summed E-state index contributed by atoms with van der Waals surface area (Å²) in [5.41, 5.74) is 2.94. The monoisotopic (exact) mass is 277 g/mol. The van der Waals surface area contributed by atoms with E-state index in [0.29, 0.717) is 16.9 Å². The number of aromatic carboxylic acids is 1. The number of fused-ring (bicyclic) bond motifs is 1. The summed E-state index contributed by atoms with van der Waals surface area (Å²) in [6.45, 7) is 1.90. The van der Waals surface area contributed by atoms with Gasteiger partial charge < -0.3 is 5.11 Å². The third-order valence-corrected chi connectivity index (χ3v) is 3.01. The van der Waals surface area contributed by atoms with Gasteiger partial charge >= 0.3 is 5.97 Å². The van der Waals surface area contributed by atoms with E-state index in [4.69, 9.17) is 0 Å². The maximum atomic E-state index is 11.2. The Labute approximate surface area is 120 Å². The molecule has 21 heavy (non-hydrogen) atoms. The first-order valence-electron chi connectivity index (χ1n) is 6.30. The molecule has 0 saturated heterocycles. The molecular weight excluding hydrogens is 266 g/mol. The fourth-order valence-corrected chi connectivity index (χ4v) is 1.99. The lowest BCUT2D eigenvalue weighted by Crippen LogP contribution is -2.00. The van der Waals surface area contributed by atoms with Crippen molar-refractivity contribution >= 4 is 11.6 Å². The summed E-state index contributed by atoms with van der Waals surface area (Å²) in [6.07, 6.45) is 3.26. The zero-order chi connectivity index (χ0) is 14.8. The number of rotatable bonds is 1. The van der Waals surface area contributed by atoms with Gasteiger partial charge in [-0.15, -0.1) is 0 Å². The molecule has 0 amide bonds. The van der Waals surface area contributed by atoms with E-state index in [1.807, 2.05) is 13.0 Å². The number of carbonyl (C=O) groups is 1. The molecule has 2 heterocycles. The van der Waals surface area contributed by atoms with Crippen molar-refractivity contribution in [2.24, 2.45) is 0 Å². The van der Waals surface area contributed by atoms with Crippen molar-refractivity contribution in [3.63, 3.8) is 0 Å². The highest BCUT2D eigenvalue weighted by Gasteiger charge is 2.08. The maximum Gasteiger partial charge on any atom is 0.336 e. The molecule has 0 unspecified atom stereocenters. The molecule has 0 saturated carbocycles. The lowest BCUT2D eigenvalue weighted by atomic mass is 10.0. The number of imidazole rings is 1. The summed E-state index contributed by atoms with van der Waals surface area (Å²) in [7, 11) is 0. The van der Waals surface area contributed by atoms with Crippen LogP contribution in [0.5, 0.6) is 0 Å². The van der Waals surface area contributed by atoms with E-state index < -0.39 is 5.97 Å². The number of carboxylic acid groups (broad SMARTS) is 1. The smallest absolute Gasteiger partial charge is 0.336 e. The minimum Gasteiger partial charge on any atom is -0.478 e. The van der Waals surface area contributed by atoms with E-state index in [9.17, 15) is 9.90 Å². The van der Waals surface area contributed by atoms with Gasteiger partial charge in [-0.3, -0.25) is 0 Å².